The van der Waals surface area contributed by atoms with Crippen LogP contribution >= 0.6 is 34.0 Å². The van der Waals surface area contributed by atoms with E-state index in [-0.39, 0.29) is 0 Å². The zero-order chi connectivity index (χ0) is 88.5. The lowest BCUT2D eigenvalue weighted by molar-refractivity contribution is 0.669. The van der Waals surface area contributed by atoms with E-state index < -0.39 is 0 Å². The first kappa shape index (κ1) is 79.2. The van der Waals surface area contributed by atoms with Gasteiger partial charge in [0.1, 0.15) is 11.2 Å². The van der Waals surface area contributed by atoms with Crippen molar-refractivity contribution in [1.82, 2.24) is 39.9 Å². The molecule has 0 aliphatic heterocycles. The summed E-state index contributed by atoms with van der Waals surface area (Å²) in [7, 11) is 0. The lowest BCUT2D eigenvalue weighted by Crippen LogP contribution is -2.01. The summed E-state index contributed by atoms with van der Waals surface area (Å²) in [6, 6.07) is 157. The number of hydrogen-bond acceptors (Lipinski definition) is 12. The number of aromatic nitrogens is 8. The molecule has 0 radical (unpaired) electrons. The molecule has 0 unspecified atom stereocenters. The Hall–Kier alpha value is -17.0. The van der Waals surface area contributed by atoms with Crippen molar-refractivity contribution in [2.75, 3.05) is 0 Å². The van der Waals surface area contributed by atoms with Crippen LogP contribution in [0.4, 0.5) is 0 Å². The molecular formula is C122H74N8OS3. The Labute approximate surface area is 782 Å². The summed E-state index contributed by atoms with van der Waals surface area (Å²) in [5.41, 5.74) is 22.5. The van der Waals surface area contributed by atoms with Crippen molar-refractivity contribution in [2.45, 2.75) is 0 Å². The van der Waals surface area contributed by atoms with Crippen LogP contribution < -0.4 is 0 Å². The molecule has 0 bridgehead atoms. The Balaban J connectivity index is 0.000000108. The number of benzene rings is 20. The summed E-state index contributed by atoms with van der Waals surface area (Å²) in [6.07, 6.45) is 0. The fraction of sp³-hybridized carbons (Fsp3) is 0. The maximum atomic E-state index is 6.15. The Bertz CT molecular complexity index is 9150. The lowest BCUT2D eigenvalue weighted by Gasteiger charge is -2.17. The second-order valence-electron chi connectivity index (χ2n) is 33.4. The van der Waals surface area contributed by atoms with Crippen LogP contribution in [0.25, 0.3) is 261 Å². The van der Waals surface area contributed by atoms with Crippen LogP contribution in [0, 0.1) is 0 Å². The first-order valence-corrected chi connectivity index (χ1v) is 47.2. The molecule has 0 aliphatic rings. The Kier molecular flexibility index (Phi) is 20.0. The van der Waals surface area contributed by atoms with Crippen LogP contribution in [-0.2, 0) is 0 Å². The van der Waals surface area contributed by atoms with Crippen LogP contribution in [-0.4, -0.2) is 39.9 Å². The topological polar surface area (TPSA) is 116 Å². The van der Waals surface area contributed by atoms with E-state index in [2.05, 4.69) is 297 Å². The average molecular weight is 1760 g/mol. The van der Waals surface area contributed by atoms with Crippen LogP contribution in [0.15, 0.2) is 453 Å². The van der Waals surface area contributed by atoms with Gasteiger partial charge in [-0.3, -0.25) is 0 Å². The van der Waals surface area contributed by atoms with Gasteiger partial charge in [-0.1, -0.05) is 358 Å². The zero-order valence-electron chi connectivity index (χ0n) is 71.9. The quantitative estimate of drug-likeness (QED) is 0.118. The van der Waals surface area contributed by atoms with Gasteiger partial charge in [0.15, 0.2) is 34.9 Å². The van der Waals surface area contributed by atoms with Crippen molar-refractivity contribution < 1.29 is 4.42 Å². The minimum absolute atomic E-state index is 0.644. The molecule has 0 spiro atoms. The highest BCUT2D eigenvalue weighted by molar-refractivity contribution is 7.27. The van der Waals surface area contributed by atoms with Crippen molar-refractivity contribution in [1.29, 1.82) is 0 Å². The first-order valence-electron chi connectivity index (χ1n) is 44.7. The van der Waals surface area contributed by atoms with Gasteiger partial charge >= 0.3 is 0 Å². The number of para-hydroxylation sites is 3. The molecule has 0 saturated carbocycles. The van der Waals surface area contributed by atoms with Crippen molar-refractivity contribution in [3.63, 3.8) is 0 Å². The number of rotatable bonds is 12. The van der Waals surface area contributed by atoms with Crippen molar-refractivity contribution in [3.8, 4) is 135 Å². The fourth-order valence-electron chi connectivity index (χ4n) is 19.1. The van der Waals surface area contributed by atoms with Gasteiger partial charge in [0, 0.05) is 116 Å². The van der Waals surface area contributed by atoms with E-state index in [1.165, 1.54) is 115 Å². The number of nitrogens with zero attached hydrogens (tertiary/aromatic N) is 8. The molecule has 134 heavy (non-hydrogen) atoms. The highest BCUT2D eigenvalue weighted by atomic mass is 32.1. The number of thiophene rings is 3. The molecule has 7 heterocycles. The van der Waals surface area contributed by atoms with Crippen LogP contribution in [0.1, 0.15) is 0 Å². The smallest absolute Gasteiger partial charge is 0.164 e. The maximum absolute atomic E-state index is 6.15. The van der Waals surface area contributed by atoms with Crippen LogP contribution in [0.5, 0.6) is 0 Å². The molecule has 27 aromatic rings. The van der Waals surface area contributed by atoms with E-state index in [1.807, 2.05) is 186 Å². The summed E-state index contributed by atoms with van der Waals surface area (Å²) >= 11 is 5.55. The fourth-order valence-corrected chi connectivity index (χ4v) is 22.6. The third kappa shape index (κ3) is 14.4. The van der Waals surface area contributed by atoms with Gasteiger partial charge in [-0.15, -0.1) is 34.0 Å². The number of fused-ring (bicyclic) bond motifs is 16. The van der Waals surface area contributed by atoms with Crippen LogP contribution in [0.3, 0.4) is 0 Å². The van der Waals surface area contributed by atoms with E-state index in [4.69, 9.17) is 44.3 Å². The van der Waals surface area contributed by atoms with Crippen molar-refractivity contribution in [3.05, 3.63) is 449 Å². The van der Waals surface area contributed by atoms with Gasteiger partial charge in [-0.2, -0.15) is 0 Å². The molecule has 12 heteroatoms. The van der Waals surface area contributed by atoms with Gasteiger partial charge in [-0.25, -0.2) is 39.9 Å². The molecule has 0 fully saturated rings. The zero-order valence-corrected chi connectivity index (χ0v) is 74.4. The van der Waals surface area contributed by atoms with E-state index in [0.29, 0.717) is 34.9 Å². The molecule has 0 N–H and O–H groups in total. The molecule has 7 aromatic heterocycles. The normalized spacial score (nSPS) is 11.6. The highest BCUT2D eigenvalue weighted by Gasteiger charge is 2.27. The van der Waals surface area contributed by atoms with Gasteiger partial charge in [0.2, 0.25) is 0 Å². The largest absolute Gasteiger partial charge is 0.456 e. The first-order chi connectivity index (χ1) is 66.4. The number of furan rings is 1. The second kappa shape index (κ2) is 33.8. The van der Waals surface area contributed by atoms with Crippen molar-refractivity contribution in [2.24, 2.45) is 0 Å². The molecule has 0 aliphatic carbocycles. The van der Waals surface area contributed by atoms with Gasteiger partial charge in [0.25, 0.3) is 0 Å². The van der Waals surface area contributed by atoms with Gasteiger partial charge in [0.05, 0.1) is 22.4 Å². The summed E-state index contributed by atoms with van der Waals surface area (Å²) < 4.78 is 13.9. The average Bonchev–Trinajstić information content (AvgIpc) is 1.51. The molecular weight excluding hydrogens is 1690 g/mol. The number of hydrogen-bond donors (Lipinski definition) is 0. The minimum atomic E-state index is 0.644. The third-order valence-corrected chi connectivity index (χ3v) is 28.6. The molecule has 0 atom stereocenters. The Morgan fingerprint density at radius 2 is 0.485 bits per heavy atom. The van der Waals surface area contributed by atoms with Gasteiger partial charge < -0.3 is 4.42 Å². The predicted octanol–water partition coefficient (Wildman–Crippen LogP) is 33.8. The summed E-state index contributed by atoms with van der Waals surface area (Å²) in [5.74, 6) is 3.90. The lowest BCUT2D eigenvalue weighted by atomic mass is 9.87. The van der Waals surface area contributed by atoms with E-state index in [0.717, 1.165) is 111 Å². The summed E-state index contributed by atoms with van der Waals surface area (Å²) in [5, 5.41) is 17.2. The Morgan fingerprint density at radius 1 is 0.164 bits per heavy atom. The second-order valence-corrected chi connectivity index (χ2v) is 36.6. The van der Waals surface area contributed by atoms with Crippen LogP contribution in [0.2, 0.25) is 0 Å². The minimum Gasteiger partial charge on any atom is -0.456 e. The van der Waals surface area contributed by atoms with Crippen molar-refractivity contribution >= 4 is 160 Å². The third-order valence-electron chi connectivity index (χ3n) is 25.3. The van der Waals surface area contributed by atoms with E-state index in [9.17, 15) is 0 Å². The molecule has 626 valence electrons. The molecule has 0 amide bonds. The van der Waals surface area contributed by atoms with Gasteiger partial charge in [-0.05, 0) is 168 Å². The standard InChI is InChI=1S/2C43H27N3S.C36H20N2OS/c1-4-14-28(15-5-1)36-26-32(43-45-41(29-16-6-2-7-17-29)44-42(46-43)30-18-8-3-9-19-30)24-25-34(36)39-33-21-11-10-20-31(33)27-38-40(39)35-22-12-13-23-37(35)47-38;1-4-14-28(15-5-1)36-26-32(39-33-21-11-10-20-31(33)27-38-40(39)35-22-12-13-23-37(35)47-38)24-25-34(36)43-45-41(29-16-6-2-7-17-29)44-42(46-43)30-18-8-3-9-19-30;1-2-10-23-21(9-1)20-32-33(25-12-4-8-16-31(25)40-32)34(23)36-35(37-27-13-5-6-14-28(27)38-36)22-17-18-30-26(19-22)24-11-3-7-15-29(24)39-30/h2*1-27H;1-20H. The van der Waals surface area contributed by atoms with E-state index >= 15 is 0 Å². The Morgan fingerprint density at radius 3 is 0.963 bits per heavy atom. The molecule has 0 saturated heterocycles. The SMILES string of the molecule is c1ccc(-c2nc(-c3ccccc3)nc(-c3ccc(-c4c5ccccc5cc5sc6ccccc6c45)c(-c4ccccc4)c3)n2)cc1.c1ccc(-c2nc(-c3ccccc3)nc(-c3ccc(-c4c5ccccc5cc5sc6ccccc6c45)cc3-c3ccccc3)n2)cc1.c1ccc2c(-c3nc4ccccc4nc3-c3ccc4oc5ccccc5c4c3)c3c(cc2c1)sc1ccccc13. The summed E-state index contributed by atoms with van der Waals surface area (Å²) in [6.45, 7) is 0. The molecule has 9 nitrogen and oxygen atoms in total. The molecule has 20 aromatic carbocycles. The molecule has 27 rings (SSSR count). The van der Waals surface area contributed by atoms with E-state index in [1.54, 1.807) is 0 Å². The predicted molar refractivity (Wildman–Crippen MR) is 563 cm³/mol. The summed E-state index contributed by atoms with van der Waals surface area (Å²) in [4.78, 5) is 40.8. The maximum Gasteiger partial charge on any atom is 0.164 e. The monoisotopic (exact) mass is 1760 g/mol. The highest BCUT2D eigenvalue weighted by Crippen LogP contribution is 2.52.